The largest absolute Gasteiger partial charge is 0.392 e. The zero-order chi connectivity index (χ0) is 31.8. The van der Waals surface area contributed by atoms with Crippen molar-refractivity contribution in [2.45, 2.75) is 79.1 Å². The van der Waals surface area contributed by atoms with E-state index in [9.17, 15) is 24.9 Å². The van der Waals surface area contributed by atoms with E-state index >= 15 is 0 Å². The van der Waals surface area contributed by atoms with Gasteiger partial charge in [-0.3, -0.25) is 9.59 Å². The first kappa shape index (κ1) is 38.6. The molecule has 3 N–H and O–H groups in total. The standard InChI is InChI=1S/C37H52O5/c1-29(33(5)38)25-21-17-13-12-14-18-22-26-30(2)37(42)32(4)36(41)28-24-20-16-11-9-7-8-10-15-19-23-27-35(40)31(3)34(6)39/h7-13,15-17,19-26,28,30-32,35-37,40-42H,14,18,27H2,1-6H3/b8-7+,11-9+,13-12+,15-10+,20-16+,21-17+,23-19+,26-22+,28-24+,29-25+. The predicted octanol–water partition coefficient (Wildman–Crippen LogP) is 7.28. The van der Waals surface area contributed by atoms with Gasteiger partial charge in [0.25, 0.3) is 0 Å². The quantitative estimate of drug-likeness (QED) is 0.0613. The maximum atomic E-state index is 11.2. The third-order valence-electron chi connectivity index (χ3n) is 6.86. The molecule has 0 bridgehead atoms. The van der Waals surface area contributed by atoms with Crippen molar-refractivity contribution in [3.8, 4) is 0 Å². The van der Waals surface area contributed by atoms with E-state index in [1.54, 1.807) is 39.0 Å². The van der Waals surface area contributed by atoms with Crippen LogP contribution in [0.15, 0.2) is 121 Å². The summed E-state index contributed by atoms with van der Waals surface area (Å²) in [5.41, 5.74) is 0.728. The second-order valence-corrected chi connectivity index (χ2v) is 10.5. The molecule has 5 nitrogen and oxygen atoms in total. The van der Waals surface area contributed by atoms with Crippen LogP contribution in [-0.4, -0.2) is 45.2 Å². The Labute approximate surface area is 254 Å². The Morgan fingerprint density at radius 3 is 1.69 bits per heavy atom. The van der Waals surface area contributed by atoms with Crippen molar-refractivity contribution in [3.05, 3.63) is 121 Å². The van der Waals surface area contributed by atoms with Crippen molar-refractivity contribution in [2.75, 3.05) is 0 Å². The lowest BCUT2D eigenvalue weighted by molar-refractivity contribution is -0.123. The molecule has 0 aromatic rings. The molecule has 42 heavy (non-hydrogen) atoms. The second-order valence-electron chi connectivity index (χ2n) is 10.5. The van der Waals surface area contributed by atoms with E-state index < -0.39 is 18.3 Å². The molecule has 6 unspecified atom stereocenters. The zero-order valence-electron chi connectivity index (χ0n) is 26.2. The van der Waals surface area contributed by atoms with Crippen LogP contribution < -0.4 is 0 Å². The fraction of sp³-hybridized carbons (Fsp3) is 0.405. The lowest BCUT2D eigenvalue weighted by atomic mass is 9.88. The number of hydrogen-bond donors (Lipinski definition) is 3. The number of ketones is 2. The van der Waals surface area contributed by atoms with Gasteiger partial charge in [0.2, 0.25) is 0 Å². The molecule has 0 saturated heterocycles. The number of carbonyl (C=O) groups excluding carboxylic acids is 2. The molecule has 230 valence electrons. The first-order chi connectivity index (χ1) is 20.0. The Morgan fingerprint density at radius 1 is 0.619 bits per heavy atom. The minimum Gasteiger partial charge on any atom is -0.392 e. The van der Waals surface area contributed by atoms with Gasteiger partial charge >= 0.3 is 0 Å². The molecule has 0 aliphatic heterocycles. The summed E-state index contributed by atoms with van der Waals surface area (Å²) in [4.78, 5) is 22.4. The SMILES string of the molecule is CC(=O)/C(C)=C/C=C/C=C/CC/C=C/C(C)C(O)C(C)C(O)/C=C/C=C/C=C/C=C/C=C/C=C/CC(O)C(C)C(C)=O. The molecule has 0 spiro atoms. The summed E-state index contributed by atoms with van der Waals surface area (Å²) in [6, 6.07) is 0. The molecular formula is C37H52O5. The number of aliphatic hydroxyl groups is 3. The number of Topliss-reactive ketones (excluding diaryl/α,β-unsaturated/α-hetero) is 2. The van der Waals surface area contributed by atoms with Crippen LogP contribution in [0.2, 0.25) is 0 Å². The topological polar surface area (TPSA) is 94.8 Å². The third kappa shape index (κ3) is 19.7. The molecular weight excluding hydrogens is 524 g/mol. The van der Waals surface area contributed by atoms with Crippen LogP contribution >= 0.6 is 0 Å². The number of carbonyl (C=O) groups is 2. The maximum absolute atomic E-state index is 11.2. The normalized spacial score (nSPS) is 18.3. The zero-order valence-corrected chi connectivity index (χ0v) is 26.2. The van der Waals surface area contributed by atoms with Gasteiger partial charge in [-0.2, -0.15) is 0 Å². The van der Waals surface area contributed by atoms with Crippen molar-refractivity contribution >= 4 is 11.6 Å². The molecule has 0 aliphatic carbocycles. The summed E-state index contributed by atoms with van der Waals surface area (Å²) in [6.07, 6.45) is 35.8. The Hall–Kier alpha value is -3.38. The Balaban J connectivity index is 4.38. The van der Waals surface area contributed by atoms with Crippen LogP contribution in [-0.2, 0) is 9.59 Å². The molecule has 0 saturated carbocycles. The molecule has 0 heterocycles. The maximum Gasteiger partial charge on any atom is 0.155 e. The molecule has 0 aromatic carbocycles. The first-order valence-electron chi connectivity index (χ1n) is 14.7. The second kappa shape index (κ2) is 24.2. The van der Waals surface area contributed by atoms with E-state index in [1.807, 2.05) is 98.9 Å². The fourth-order valence-electron chi connectivity index (χ4n) is 3.49. The van der Waals surface area contributed by atoms with E-state index in [1.165, 1.54) is 6.92 Å². The fourth-order valence-corrected chi connectivity index (χ4v) is 3.49. The van der Waals surface area contributed by atoms with Gasteiger partial charge in [0.15, 0.2) is 5.78 Å². The summed E-state index contributed by atoms with van der Waals surface area (Å²) in [6.45, 7) is 10.3. The van der Waals surface area contributed by atoms with Gasteiger partial charge in [-0.25, -0.2) is 0 Å². The van der Waals surface area contributed by atoms with Crippen molar-refractivity contribution in [3.63, 3.8) is 0 Å². The van der Waals surface area contributed by atoms with Crippen molar-refractivity contribution in [1.82, 2.24) is 0 Å². The molecule has 0 fully saturated rings. The van der Waals surface area contributed by atoms with E-state index in [-0.39, 0.29) is 29.3 Å². The van der Waals surface area contributed by atoms with Gasteiger partial charge in [0, 0.05) is 17.8 Å². The number of rotatable bonds is 20. The highest BCUT2D eigenvalue weighted by atomic mass is 16.3. The van der Waals surface area contributed by atoms with Crippen LogP contribution in [0.1, 0.15) is 60.8 Å². The van der Waals surface area contributed by atoms with Gasteiger partial charge in [-0.15, -0.1) is 0 Å². The lowest BCUT2D eigenvalue weighted by Gasteiger charge is -2.25. The summed E-state index contributed by atoms with van der Waals surface area (Å²) in [5, 5.41) is 30.9. The van der Waals surface area contributed by atoms with E-state index in [0.717, 1.165) is 18.4 Å². The minimum atomic E-state index is -0.759. The molecule has 0 radical (unpaired) electrons. The van der Waals surface area contributed by atoms with Gasteiger partial charge in [0.05, 0.1) is 18.3 Å². The van der Waals surface area contributed by atoms with Crippen LogP contribution in [0, 0.1) is 17.8 Å². The van der Waals surface area contributed by atoms with Gasteiger partial charge in [-0.05, 0) is 45.6 Å². The molecule has 0 aliphatic rings. The highest BCUT2D eigenvalue weighted by Crippen LogP contribution is 2.19. The lowest BCUT2D eigenvalue weighted by Crippen LogP contribution is -2.32. The number of unbranched alkanes of at least 4 members (excludes halogenated alkanes) is 1. The Bertz CT molecular complexity index is 1080. The molecule has 5 heteroatoms. The van der Waals surface area contributed by atoms with Crippen molar-refractivity contribution < 1.29 is 24.9 Å². The third-order valence-corrected chi connectivity index (χ3v) is 6.86. The number of allylic oxidation sites excluding steroid dienone is 17. The number of aliphatic hydroxyl groups excluding tert-OH is 3. The Morgan fingerprint density at radius 2 is 1.12 bits per heavy atom. The summed E-state index contributed by atoms with van der Waals surface area (Å²) >= 11 is 0. The summed E-state index contributed by atoms with van der Waals surface area (Å²) in [5.74, 6) is -0.689. The van der Waals surface area contributed by atoms with E-state index in [0.29, 0.717) is 6.42 Å². The van der Waals surface area contributed by atoms with Gasteiger partial charge in [0.1, 0.15) is 5.78 Å². The van der Waals surface area contributed by atoms with Gasteiger partial charge < -0.3 is 15.3 Å². The van der Waals surface area contributed by atoms with Crippen LogP contribution in [0.3, 0.4) is 0 Å². The van der Waals surface area contributed by atoms with Crippen molar-refractivity contribution in [2.24, 2.45) is 17.8 Å². The highest BCUT2D eigenvalue weighted by Gasteiger charge is 2.24. The van der Waals surface area contributed by atoms with Crippen molar-refractivity contribution in [1.29, 1.82) is 0 Å². The van der Waals surface area contributed by atoms with E-state index in [4.69, 9.17) is 0 Å². The molecule has 6 atom stereocenters. The first-order valence-corrected chi connectivity index (χ1v) is 14.7. The summed E-state index contributed by atoms with van der Waals surface area (Å²) < 4.78 is 0. The van der Waals surface area contributed by atoms with E-state index in [2.05, 4.69) is 12.2 Å². The minimum absolute atomic E-state index is 0.0116. The number of hydrogen-bond acceptors (Lipinski definition) is 5. The average Bonchev–Trinajstić information content (AvgIpc) is 2.96. The Kier molecular flexibility index (Phi) is 22.3. The average molecular weight is 577 g/mol. The predicted molar refractivity (Wildman–Crippen MR) is 177 cm³/mol. The molecule has 0 rings (SSSR count). The van der Waals surface area contributed by atoms with Gasteiger partial charge in [-0.1, -0.05) is 136 Å². The van der Waals surface area contributed by atoms with Crippen LogP contribution in [0.5, 0.6) is 0 Å². The molecule has 0 amide bonds. The monoisotopic (exact) mass is 576 g/mol. The smallest absolute Gasteiger partial charge is 0.155 e. The summed E-state index contributed by atoms with van der Waals surface area (Å²) in [7, 11) is 0. The van der Waals surface area contributed by atoms with Crippen LogP contribution in [0.25, 0.3) is 0 Å². The molecule has 0 aromatic heterocycles. The van der Waals surface area contributed by atoms with Crippen LogP contribution in [0.4, 0.5) is 0 Å². The highest BCUT2D eigenvalue weighted by molar-refractivity contribution is 5.92.